The van der Waals surface area contributed by atoms with Gasteiger partial charge in [0.2, 0.25) is 15.7 Å². The molecule has 0 spiro atoms. The van der Waals surface area contributed by atoms with E-state index in [-0.39, 0.29) is 24.6 Å². The standard InChI is InChI=1S/C21H20F2N2O7S/c1-31-16-4-2-3-15(10-16)25-11-13(9-19(25)27)20(28)32-12-18(26)24-14-5-7-17(8-6-14)33(29,30)21(22)23/h2-8,10,13,21H,9,11-12H2,1H3,(H,24,26). The van der Waals surface area contributed by atoms with Crippen LogP contribution < -0.4 is 15.0 Å². The van der Waals surface area contributed by atoms with E-state index in [4.69, 9.17) is 9.47 Å². The lowest BCUT2D eigenvalue weighted by Crippen LogP contribution is -2.28. The van der Waals surface area contributed by atoms with Crippen molar-refractivity contribution in [1.29, 1.82) is 0 Å². The number of nitrogens with one attached hydrogen (secondary N) is 1. The molecule has 1 N–H and O–H groups in total. The maximum atomic E-state index is 12.6. The summed E-state index contributed by atoms with van der Waals surface area (Å²) in [4.78, 5) is 37.5. The third-order valence-corrected chi connectivity index (χ3v) is 6.27. The largest absolute Gasteiger partial charge is 0.497 e. The maximum Gasteiger partial charge on any atom is 0.341 e. The molecule has 2 amide bonds. The summed E-state index contributed by atoms with van der Waals surface area (Å²) in [6, 6.07) is 10.9. The van der Waals surface area contributed by atoms with Gasteiger partial charge in [-0.3, -0.25) is 14.4 Å². The second-order valence-electron chi connectivity index (χ2n) is 7.09. The van der Waals surface area contributed by atoms with Gasteiger partial charge in [-0.15, -0.1) is 0 Å². The predicted octanol–water partition coefficient (Wildman–Crippen LogP) is 2.23. The highest BCUT2D eigenvalue weighted by atomic mass is 32.2. The molecule has 1 fully saturated rings. The molecule has 1 atom stereocenters. The Bertz CT molecular complexity index is 1150. The summed E-state index contributed by atoms with van der Waals surface area (Å²) in [6.07, 6.45) is -0.0717. The molecule has 0 aromatic heterocycles. The third-order valence-electron chi connectivity index (χ3n) is 4.87. The molecule has 1 unspecified atom stereocenters. The Balaban J connectivity index is 1.52. The van der Waals surface area contributed by atoms with E-state index >= 15 is 0 Å². The first-order valence-corrected chi connectivity index (χ1v) is 11.2. The molecule has 2 aromatic rings. The van der Waals surface area contributed by atoms with Crippen molar-refractivity contribution in [3.05, 3.63) is 48.5 Å². The number of rotatable bonds is 8. The number of esters is 1. The van der Waals surface area contributed by atoms with E-state index in [2.05, 4.69) is 5.32 Å². The monoisotopic (exact) mass is 482 g/mol. The van der Waals surface area contributed by atoms with Crippen molar-refractivity contribution in [3.8, 4) is 5.75 Å². The predicted molar refractivity (Wildman–Crippen MR) is 113 cm³/mol. The number of nitrogens with zero attached hydrogens (tertiary/aromatic N) is 1. The second-order valence-corrected chi connectivity index (χ2v) is 9.01. The highest BCUT2D eigenvalue weighted by Gasteiger charge is 2.36. The molecule has 0 bridgehead atoms. The Kier molecular flexibility index (Phi) is 7.26. The van der Waals surface area contributed by atoms with Crippen molar-refractivity contribution in [1.82, 2.24) is 0 Å². The molecule has 33 heavy (non-hydrogen) atoms. The molecular weight excluding hydrogens is 462 g/mol. The number of carbonyl (C=O) groups is 3. The number of benzene rings is 2. The molecule has 1 aliphatic rings. The van der Waals surface area contributed by atoms with Gasteiger partial charge in [-0.05, 0) is 36.4 Å². The van der Waals surface area contributed by atoms with E-state index in [1.54, 1.807) is 24.3 Å². The number of anilines is 2. The summed E-state index contributed by atoms with van der Waals surface area (Å²) >= 11 is 0. The fourth-order valence-corrected chi connectivity index (χ4v) is 3.90. The first kappa shape index (κ1) is 24.1. The van der Waals surface area contributed by atoms with Gasteiger partial charge in [0.1, 0.15) is 5.75 Å². The van der Waals surface area contributed by atoms with Gasteiger partial charge in [0.15, 0.2) is 6.61 Å². The SMILES string of the molecule is COc1cccc(N2CC(C(=O)OCC(=O)Nc3ccc(S(=O)(=O)C(F)F)cc3)CC2=O)c1. The number of ether oxygens (including phenoxy) is 2. The Morgan fingerprint density at radius 3 is 2.52 bits per heavy atom. The highest BCUT2D eigenvalue weighted by molar-refractivity contribution is 7.91. The lowest BCUT2D eigenvalue weighted by molar-refractivity contribution is -0.151. The number of sulfone groups is 1. The molecule has 0 saturated carbocycles. The summed E-state index contributed by atoms with van der Waals surface area (Å²) < 4.78 is 58.1. The number of hydrogen-bond acceptors (Lipinski definition) is 7. The zero-order chi connectivity index (χ0) is 24.2. The maximum absolute atomic E-state index is 12.6. The number of carbonyl (C=O) groups excluding carboxylic acids is 3. The molecule has 2 aromatic carbocycles. The first-order chi connectivity index (χ1) is 15.6. The molecule has 12 heteroatoms. The van der Waals surface area contributed by atoms with E-state index in [9.17, 15) is 31.6 Å². The normalized spacial score (nSPS) is 16.1. The van der Waals surface area contributed by atoms with E-state index in [1.807, 2.05) is 0 Å². The average Bonchev–Trinajstić information content (AvgIpc) is 3.19. The van der Waals surface area contributed by atoms with Gasteiger partial charge >= 0.3 is 11.7 Å². The molecular formula is C21H20F2N2O7S. The van der Waals surface area contributed by atoms with Crippen LogP contribution in [0.15, 0.2) is 53.4 Å². The minimum Gasteiger partial charge on any atom is -0.497 e. The summed E-state index contributed by atoms with van der Waals surface area (Å²) in [5, 5.41) is 2.36. The number of hydrogen-bond donors (Lipinski definition) is 1. The van der Waals surface area contributed by atoms with Crippen LogP contribution in [0.5, 0.6) is 5.75 Å². The summed E-state index contributed by atoms with van der Waals surface area (Å²) in [6.45, 7) is -0.549. The first-order valence-electron chi connectivity index (χ1n) is 9.65. The van der Waals surface area contributed by atoms with Crippen LogP contribution in [0.2, 0.25) is 0 Å². The molecule has 1 aliphatic heterocycles. The topological polar surface area (TPSA) is 119 Å². The van der Waals surface area contributed by atoms with Gasteiger partial charge in [-0.2, -0.15) is 8.78 Å². The van der Waals surface area contributed by atoms with Crippen LogP contribution in [0.3, 0.4) is 0 Å². The second kappa shape index (κ2) is 9.94. The van der Waals surface area contributed by atoms with Gasteiger partial charge in [0.05, 0.1) is 17.9 Å². The Hall–Kier alpha value is -3.54. The van der Waals surface area contributed by atoms with E-state index < -0.39 is 44.9 Å². The van der Waals surface area contributed by atoms with Crippen LogP contribution in [0.25, 0.3) is 0 Å². The van der Waals surface area contributed by atoms with Gasteiger partial charge in [0, 0.05) is 30.4 Å². The van der Waals surface area contributed by atoms with E-state index in [1.165, 1.54) is 12.0 Å². The average molecular weight is 482 g/mol. The molecule has 0 radical (unpaired) electrons. The molecule has 0 aliphatic carbocycles. The molecule has 9 nitrogen and oxygen atoms in total. The van der Waals surface area contributed by atoms with Crippen molar-refractivity contribution in [2.75, 3.05) is 30.5 Å². The van der Waals surface area contributed by atoms with Crippen LogP contribution in [-0.2, 0) is 29.0 Å². The van der Waals surface area contributed by atoms with Crippen molar-refractivity contribution in [3.63, 3.8) is 0 Å². The fourth-order valence-electron chi connectivity index (χ4n) is 3.18. The minimum absolute atomic E-state index is 0.0717. The highest BCUT2D eigenvalue weighted by Crippen LogP contribution is 2.28. The summed E-state index contributed by atoms with van der Waals surface area (Å²) in [5.41, 5.74) is 0.703. The number of amides is 2. The molecule has 176 valence electrons. The molecule has 1 heterocycles. The van der Waals surface area contributed by atoms with Crippen LogP contribution in [-0.4, -0.2) is 52.2 Å². The van der Waals surface area contributed by atoms with E-state index in [0.29, 0.717) is 11.4 Å². The van der Waals surface area contributed by atoms with Gasteiger partial charge < -0.3 is 19.7 Å². The number of methoxy groups -OCH3 is 1. The zero-order valence-corrected chi connectivity index (χ0v) is 18.2. The Morgan fingerprint density at radius 1 is 1.18 bits per heavy atom. The number of alkyl halides is 2. The summed E-state index contributed by atoms with van der Waals surface area (Å²) in [5.74, 6) is -5.46. The third kappa shape index (κ3) is 5.64. The van der Waals surface area contributed by atoms with Crippen molar-refractivity contribution in [2.45, 2.75) is 17.1 Å². The zero-order valence-electron chi connectivity index (χ0n) is 17.4. The lowest BCUT2D eigenvalue weighted by atomic mass is 10.1. The van der Waals surface area contributed by atoms with Crippen LogP contribution in [0.4, 0.5) is 20.2 Å². The van der Waals surface area contributed by atoms with Crippen molar-refractivity contribution in [2.24, 2.45) is 5.92 Å². The van der Waals surface area contributed by atoms with Gasteiger partial charge in [-0.25, -0.2) is 8.42 Å². The quantitative estimate of drug-likeness (QED) is 0.573. The van der Waals surface area contributed by atoms with Gasteiger partial charge in [-0.1, -0.05) is 6.07 Å². The Labute approximate surface area is 188 Å². The molecule has 3 rings (SSSR count). The van der Waals surface area contributed by atoms with Crippen LogP contribution >= 0.6 is 0 Å². The Morgan fingerprint density at radius 2 is 1.88 bits per heavy atom. The van der Waals surface area contributed by atoms with E-state index in [0.717, 1.165) is 24.3 Å². The van der Waals surface area contributed by atoms with Crippen molar-refractivity contribution < 1.29 is 41.1 Å². The minimum atomic E-state index is -4.74. The van der Waals surface area contributed by atoms with Crippen LogP contribution in [0, 0.1) is 5.92 Å². The van der Waals surface area contributed by atoms with Gasteiger partial charge in [0.25, 0.3) is 5.91 Å². The van der Waals surface area contributed by atoms with Crippen LogP contribution in [0.1, 0.15) is 6.42 Å². The van der Waals surface area contributed by atoms with Crippen molar-refractivity contribution >= 4 is 39.0 Å². The molecule has 1 saturated heterocycles. The fraction of sp³-hybridized carbons (Fsp3) is 0.286. The number of halogens is 2. The lowest BCUT2D eigenvalue weighted by Gasteiger charge is -2.17. The smallest absolute Gasteiger partial charge is 0.341 e. The summed E-state index contributed by atoms with van der Waals surface area (Å²) in [7, 11) is -3.24.